The standard InChI is InChI=1S/C21H21ClN4O3S/c22-17-6-8-18(9-7-17)25-30(27,28)15-19-14-20(26-10-12-29-13-11-26)24-21(23-19)16-4-2-1-3-5-16/h1-9,14,25H,10-13,15H2. The van der Waals surface area contributed by atoms with Gasteiger partial charge in [0, 0.05) is 35.4 Å². The van der Waals surface area contributed by atoms with Gasteiger partial charge in [-0.05, 0) is 24.3 Å². The van der Waals surface area contributed by atoms with Gasteiger partial charge < -0.3 is 9.64 Å². The van der Waals surface area contributed by atoms with E-state index in [1.165, 1.54) is 0 Å². The van der Waals surface area contributed by atoms with E-state index in [-0.39, 0.29) is 5.75 Å². The Morgan fingerprint density at radius 2 is 1.70 bits per heavy atom. The third kappa shape index (κ3) is 5.27. The lowest BCUT2D eigenvalue weighted by Crippen LogP contribution is -2.37. The minimum absolute atomic E-state index is 0.269. The summed E-state index contributed by atoms with van der Waals surface area (Å²) in [5.41, 5.74) is 1.70. The third-order valence-electron chi connectivity index (χ3n) is 4.59. The van der Waals surface area contributed by atoms with Gasteiger partial charge >= 0.3 is 0 Å². The number of ether oxygens (including phenoxy) is 1. The second-order valence-electron chi connectivity index (χ2n) is 6.87. The van der Waals surface area contributed by atoms with Crippen molar-refractivity contribution in [3.05, 3.63) is 71.4 Å². The van der Waals surface area contributed by atoms with Crippen molar-refractivity contribution in [2.75, 3.05) is 35.9 Å². The first-order valence-electron chi connectivity index (χ1n) is 9.51. The topological polar surface area (TPSA) is 84.4 Å². The number of aromatic nitrogens is 2. The first-order chi connectivity index (χ1) is 14.5. The normalized spacial score (nSPS) is 14.5. The number of nitrogens with zero attached hydrogens (tertiary/aromatic N) is 3. The van der Waals surface area contributed by atoms with E-state index >= 15 is 0 Å². The number of rotatable bonds is 6. The molecule has 1 saturated heterocycles. The highest BCUT2D eigenvalue weighted by Crippen LogP contribution is 2.23. The van der Waals surface area contributed by atoms with Gasteiger partial charge in [0.1, 0.15) is 11.6 Å². The van der Waals surface area contributed by atoms with E-state index in [0.29, 0.717) is 54.3 Å². The molecule has 4 rings (SSSR count). The Morgan fingerprint density at radius 1 is 1.00 bits per heavy atom. The number of morpholine rings is 1. The summed E-state index contributed by atoms with van der Waals surface area (Å²) in [4.78, 5) is 11.3. The molecule has 1 aliphatic rings. The van der Waals surface area contributed by atoms with E-state index < -0.39 is 10.0 Å². The van der Waals surface area contributed by atoms with E-state index in [1.807, 2.05) is 30.3 Å². The molecule has 1 aliphatic heterocycles. The summed E-state index contributed by atoms with van der Waals surface area (Å²) in [6, 6.07) is 17.8. The molecule has 3 aromatic rings. The lowest BCUT2D eigenvalue weighted by molar-refractivity contribution is 0.122. The van der Waals surface area contributed by atoms with Crippen LogP contribution < -0.4 is 9.62 Å². The molecular weight excluding hydrogens is 424 g/mol. The summed E-state index contributed by atoms with van der Waals surface area (Å²) in [5.74, 6) is 0.926. The van der Waals surface area contributed by atoms with Crippen LogP contribution in [0.2, 0.25) is 5.02 Å². The number of benzene rings is 2. The van der Waals surface area contributed by atoms with Crippen LogP contribution in [-0.2, 0) is 20.5 Å². The Labute approximate surface area is 180 Å². The molecule has 0 spiro atoms. The van der Waals surface area contributed by atoms with Gasteiger partial charge in [-0.25, -0.2) is 18.4 Å². The van der Waals surface area contributed by atoms with Crippen molar-refractivity contribution in [1.82, 2.24) is 9.97 Å². The zero-order valence-corrected chi connectivity index (χ0v) is 17.7. The van der Waals surface area contributed by atoms with E-state index in [0.717, 1.165) is 5.56 Å². The van der Waals surface area contributed by atoms with Gasteiger partial charge in [-0.3, -0.25) is 4.72 Å². The van der Waals surface area contributed by atoms with Crippen molar-refractivity contribution in [1.29, 1.82) is 0 Å². The second kappa shape index (κ2) is 8.99. The molecule has 2 aromatic carbocycles. The Hall–Kier alpha value is -2.68. The molecule has 1 fully saturated rings. The summed E-state index contributed by atoms with van der Waals surface area (Å²) in [6.07, 6.45) is 0. The van der Waals surface area contributed by atoms with Crippen LogP contribution in [0.4, 0.5) is 11.5 Å². The summed E-state index contributed by atoms with van der Waals surface area (Å²) in [6.45, 7) is 2.60. The van der Waals surface area contributed by atoms with Gasteiger partial charge in [0.05, 0.1) is 18.9 Å². The molecule has 156 valence electrons. The van der Waals surface area contributed by atoms with Gasteiger partial charge in [0.2, 0.25) is 10.0 Å². The van der Waals surface area contributed by atoms with Crippen LogP contribution in [0.3, 0.4) is 0 Å². The molecule has 0 atom stereocenters. The Kier molecular flexibility index (Phi) is 6.17. The molecule has 0 aliphatic carbocycles. The number of anilines is 2. The molecule has 0 bridgehead atoms. The van der Waals surface area contributed by atoms with Crippen molar-refractivity contribution < 1.29 is 13.2 Å². The predicted molar refractivity (Wildman–Crippen MR) is 118 cm³/mol. The van der Waals surface area contributed by atoms with E-state index in [1.54, 1.807) is 30.3 Å². The lowest BCUT2D eigenvalue weighted by Gasteiger charge is -2.28. The highest BCUT2D eigenvalue weighted by atomic mass is 35.5. The average molecular weight is 445 g/mol. The molecule has 30 heavy (non-hydrogen) atoms. The number of sulfonamides is 1. The lowest BCUT2D eigenvalue weighted by atomic mass is 10.2. The Bertz CT molecular complexity index is 1100. The van der Waals surface area contributed by atoms with Gasteiger partial charge in [-0.15, -0.1) is 0 Å². The molecular formula is C21H21ClN4O3S. The van der Waals surface area contributed by atoms with E-state index in [2.05, 4.69) is 19.6 Å². The van der Waals surface area contributed by atoms with Gasteiger partial charge in [-0.1, -0.05) is 41.9 Å². The zero-order chi connectivity index (χ0) is 21.0. The van der Waals surface area contributed by atoms with Crippen LogP contribution in [0.15, 0.2) is 60.7 Å². The van der Waals surface area contributed by atoms with Crippen molar-refractivity contribution in [2.45, 2.75) is 5.75 Å². The van der Waals surface area contributed by atoms with Gasteiger partial charge in [0.15, 0.2) is 5.82 Å². The van der Waals surface area contributed by atoms with Crippen LogP contribution in [0.1, 0.15) is 5.69 Å². The molecule has 7 nitrogen and oxygen atoms in total. The van der Waals surface area contributed by atoms with E-state index in [9.17, 15) is 8.42 Å². The maximum atomic E-state index is 12.8. The van der Waals surface area contributed by atoms with Crippen molar-refractivity contribution in [3.8, 4) is 11.4 Å². The SMILES string of the molecule is O=S(=O)(Cc1cc(N2CCOCC2)nc(-c2ccccc2)n1)Nc1ccc(Cl)cc1. The van der Waals surface area contributed by atoms with Gasteiger partial charge in [0.25, 0.3) is 0 Å². The summed E-state index contributed by atoms with van der Waals surface area (Å²) < 4.78 is 33.5. The molecule has 9 heteroatoms. The van der Waals surface area contributed by atoms with Crippen molar-refractivity contribution >= 4 is 33.1 Å². The highest BCUT2D eigenvalue weighted by molar-refractivity contribution is 7.91. The minimum Gasteiger partial charge on any atom is -0.378 e. The number of nitrogens with one attached hydrogen (secondary N) is 1. The predicted octanol–water partition coefficient (Wildman–Crippen LogP) is 3.58. The van der Waals surface area contributed by atoms with E-state index in [4.69, 9.17) is 16.3 Å². The first-order valence-corrected chi connectivity index (χ1v) is 11.5. The molecule has 0 unspecified atom stereocenters. The Morgan fingerprint density at radius 3 is 2.40 bits per heavy atom. The van der Waals surface area contributed by atoms with Crippen molar-refractivity contribution in [2.24, 2.45) is 0 Å². The average Bonchev–Trinajstić information content (AvgIpc) is 2.76. The fourth-order valence-corrected chi connectivity index (χ4v) is 4.39. The molecule has 2 heterocycles. The summed E-state index contributed by atoms with van der Waals surface area (Å²) >= 11 is 5.87. The minimum atomic E-state index is -3.67. The summed E-state index contributed by atoms with van der Waals surface area (Å²) in [5, 5.41) is 0.538. The molecule has 1 N–H and O–H groups in total. The maximum absolute atomic E-state index is 12.8. The number of hydrogen-bond acceptors (Lipinski definition) is 6. The molecule has 0 amide bonds. The van der Waals surface area contributed by atoms with Gasteiger partial charge in [-0.2, -0.15) is 0 Å². The van der Waals surface area contributed by atoms with Crippen LogP contribution >= 0.6 is 11.6 Å². The van der Waals surface area contributed by atoms with Crippen LogP contribution in [-0.4, -0.2) is 44.7 Å². The fourth-order valence-electron chi connectivity index (χ4n) is 3.16. The summed E-state index contributed by atoms with van der Waals surface area (Å²) in [7, 11) is -3.67. The first kappa shape index (κ1) is 20.6. The number of hydrogen-bond donors (Lipinski definition) is 1. The quantitative estimate of drug-likeness (QED) is 0.625. The maximum Gasteiger partial charge on any atom is 0.238 e. The zero-order valence-electron chi connectivity index (χ0n) is 16.2. The van der Waals surface area contributed by atoms with Crippen LogP contribution in [0.25, 0.3) is 11.4 Å². The van der Waals surface area contributed by atoms with Crippen LogP contribution in [0, 0.1) is 0 Å². The fraction of sp³-hybridized carbons (Fsp3) is 0.238. The van der Waals surface area contributed by atoms with Crippen molar-refractivity contribution in [3.63, 3.8) is 0 Å². The monoisotopic (exact) mass is 444 g/mol. The van der Waals surface area contributed by atoms with Crippen LogP contribution in [0.5, 0.6) is 0 Å². The number of halogens is 1. The Balaban J connectivity index is 1.64. The third-order valence-corrected chi connectivity index (χ3v) is 6.06. The molecule has 0 radical (unpaired) electrons. The smallest absolute Gasteiger partial charge is 0.238 e. The molecule has 1 aromatic heterocycles. The molecule has 0 saturated carbocycles. The second-order valence-corrected chi connectivity index (χ2v) is 9.03. The largest absolute Gasteiger partial charge is 0.378 e. The highest BCUT2D eigenvalue weighted by Gasteiger charge is 2.19.